The number of benzene rings is 1. The molecule has 1 aromatic carbocycles. The fourth-order valence-corrected chi connectivity index (χ4v) is 2.72. The van der Waals surface area contributed by atoms with Crippen molar-refractivity contribution < 1.29 is 19.4 Å². The second-order valence-corrected chi connectivity index (χ2v) is 5.87. The van der Waals surface area contributed by atoms with Gasteiger partial charge >= 0.3 is 5.97 Å². The van der Waals surface area contributed by atoms with Gasteiger partial charge in [-0.25, -0.2) is 4.79 Å². The van der Waals surface area contributed by atoms with Gasteiger partial charge in [0.2, 0.25) is 0 Å². The number of carbonyl (C=O) groups is 2. The van der Waals surface area contributed by atoms with Crippen LogP contribution in [0.3, 0.4) is 0 Å². The van der Waals surface area contributed by atoms with E-state index in [1.165, 1.54) is 11.1 Å². The van der Waals surface area contributed by atoms with Crippen molar-refractivity contribution in [2.45, 2.75) is 12.6 Å². The molecule has 1 amide bonds. The van der Waals surface area contributed by atoms with Gasteiger partial charge in [-0.15, -0.1) is 0 Å². The van der Waals surface area contributed by atoms with E-state index in [-0.39, 0.29) is 19.1 Å². The first-order valence-corrected chi connectivity index (χ1v) is 7.82. The summed E-state index contributed by atoms with van der Waals surface area (Å²) in [5.41, 5.74) is 1.31. The molecule has 1 aliphatic heterocycles. The first-order chi connectivity index (χ1) is 11.5. The van der Waals surface area contributed by atoms with E-state index < -0.39 is 12.1 Å². The van der Waals surface area contributed by atoms with Crippen LogP contribution in [0.5, 0.6) is 0 Å². The molecule has 0 unspecified atom stereocenters. The normalized spacial score (nSPS) is 17.7. The molecule has 2 heterocycles. The number of hydrogen-bond acceptors (Lipinski definition) is 4. The first kappa shape index (κ1) is 16.5. The lowest BCUT2D eigenvalue weighted by molar-refractivity contribution is -0.154. The van der Waals surface area contributed by atoms with Gasteiger partial charge in [0, 0.05) is 17.8 Å². The highest BCUT2D eigenvalue weighted by Gasteiger charge is 2.29. The number of carboxylic acid groups (broad SMARTS) is 1. The first-order valence-electron chi connectivity index (χ1n) is 7.44. The van der Waals surface area contributed by atoms with Crippen molar-refractivity contribution in [1.82, 2.24) is 14.7 Å². The van der Waals surface area contributed by atoms with E-state index in [4.69, 9.17) is 21.4 Å². The zero-order valence-corrected chi connectivity index (χ0v) is 13.5. The van der Waals surface area contributed by atoms with Crippen molar-refractivity contribution >= 4 is 23.5 Å². The number of carbonyl (C=O) groups excluding carboxylic acids is 1. The van der Waals surface area contributed by atoms with Crippen LogP contribution in [0, 0.1) is 0 Å². The quantitative estimate of drug-likeness (QED) is 0.904. The lowest BCUT2D eigenvalue weighted by Gasteiger charge is -2.30. The van der Waals surface area contributed by atoms with Crippen LogP contribution in [0.25, 0.3) is 0 Å². The maximum atomic E-state index is 12.5. The van der Waals surface area contributed by atoms with Crippen LogP contribution < -0.4 is 0 Å². The predicted octanol–water partition coefficient (Wildman–Crippen LogP) is 1.51. The van der Waals surface area contributed by atoms with Gasteiger partial charge in [-0.3, -0.25) is 9.48 Å². The molecule has 1 fully saturated rings. The van der Waals surface area contributed by atoms with E-state index >= 15 is 0 Å². The van der Waals surface area contributed by atoms with Gasteiger partial charge in [0.25, 0.3) is 5.91 Å². The zero-order chi connectivity index (χ0) is 17.1. The summed E-state index contributed by atoms with van der Waals surface area (Å²) in [6, 6.07) is 7.43. The average Bonchev–Trinajstić information content (AvgIpc) is 3.05. The number of aliphatic carboxylic acids is 1. The van der Waals surface area contributed by atoms with Gasteiger partial charge < -0.3 is 14.7 Å². The molecule has 0 spiro atoms. The van der Waals surface area contributed by atoms with Crippen molar-refractivity contribution in [1.29, 1.82) is 0 Å². The molecule has 0 aliphatic carbocycles. The van der Waals surface area contributed by atoms with Gasteiger partial charge in [0.05, 0.1) is 31.5 Å². The highest BCUT2D eigenvalue weighted by Crippen LogP contribution is 2.17. The molecule has 24 heavy (non-hydrogen) atoms. The zero-order valence-electron chi connectivity index (χ0n) is 12.8. The Balaban J connectivity index is 1.70. The standard InChI is InChI=1S/C16H16ClN3O4/c17-13-4-2-1-3-11(13)8-20-9-12(7-18-20)15(21)19-5-6-24-14(10-19)16(22)23/h1-4,7,9,14H,5-6,8,10H2,(H,22,23)/t14-/m0/s1. The van der Waals surface area contributed by atoms with E-state index in [0.29, 0.717) is 23.7 Å². The fourth-order valence-electron chi connectivity index (χ4n) is 2.53. The van der Waals surface area contributed by atoms with Gasteiger partial charge in [-0.05, 0) is 11.6 Å². The number of amides is 1. The Morgan fingerprint density at radius 1 is 1.38 bits per heavy atom. The number of rotatable bonds is 4. The van der Waals surface area contributed by atoms with Crippen LogP contribution in [-0.2, 0) is 16.1 Å². The molecule has 0 radical (unpaired) electrons. The number of halogens is 1. The third-order valence-electron chi connectivity index (χ3n) is 3.80. The largest absolute Gasteiger partial charge is 0.479 e. The Kier molecular flexibility index (Phi) is 4.82. The summed E-state index contributed by atoms with van der Waals surface area (Å²) in [6.07, 6.45) is 2.13. The van der Waals surface area contributed by atoms with E-state index in [9.17, 15) is 9.59 Å². The lowest BCUT2D eigenvalue weighted by atomic mass is 10.2. The highest BCUT2D eigenvalue weighted by atomic mass is 35.5. The number of nitrogens with zero attached hydrogens (tertiary/aromatic N) is 3. The minimum Gasteiger partial charge on any atom is -0.479 e. The van der Waals surface area contributed by atoms with Crippen LogP contribution in [0.1, 0.15) is 15.9 Å². The van der Waals surface area contributed by atoms with Gasteiger partial charge in [-0.2, -0.15) is 5.10 Å². The molecule has 126 valence electrons. The van der Waals surface area contributed by atoms with Crippen LogP contribution in [-0.4, -0.2) is 57.5 Å². The number of aromatic nitrogens is 2. The molecule has 1 aliphatic rings. The Morgan fingerprint density at radius 3 is 2.92 bits per heavy atom. The molecular formula is C16H16ClN3O4. The summed E-state index contributed by atoms with van der Waals surface area (Å²) >= 11 is 6.13. The Hall–Kier alpha value is -2.38. The second kappa shape index (κ2) is 7.02. The highest BCUT2D eigenvalue weighted by molar-refractivity contribution is 6.31. The summed E-state index contributed by atoms with van der Waals surface area (Å²) in [4.78, 5) is 25.0. The van der Waals surface area contributed by atoms with Crippen molar-refractivity contribution in [3.05, 3.63) is 52.8 Å². The van der Waals surface area contributed by atoms with Crippen molar-refractivity contribution in [2.24, 2.45) is 0 Å². The number of morpholine rings is 1. The Labute approximate surface area is 143 Å². The molecule has 8 heteroatoms. The summed E-state index contributed by atoms with van der Waals surface area (Å²) in [5, 5.41) is 13.8. The number of carboxylic acids is 1. The van der Waals surface area contributed by atoms with Crippen LogP contribution in [0.15, 0.2) is 36.7 Å². The van der Waals surface area contributed by atoms with Crippen LogP contribution >= 0.6 is 11.6 Å². The maximum absolute atomic E-state index is 12.5. The molecule has 2 aromatic rings. The van der Waals surface area contributed by atoms with E-state index in [1.807, 2.05) is 18.2 Å². The van der Waals surface area contributed by atoms with Gasteiger partial charge in [-0.1, -0.05) is 29.8 Å². The Morgan fingerprint density at radius 2 is 2.17 bits per heavy atom. The molecule has 1 N–H and O–H groups in total. The van der Waals surface area contributed by atoms with E-state index in [0.717, 1.165) is 5.56 Å². The Bertz CT molecular complexity index is 761. The third kappa shape index (κ3) is 3.58. The minimum absolute atomic E-state index is 0.0316. The molecule has 7 nitrogen and oxygen atoms in total. The van der Waals surface area contributed by atoms with Gasteiger partial charge in [0.1, 0.15) is 0 Å². The maximum Gasteiger partial charge on any atom is 0.334 e. The molecule has 0 bridgehead atoms. The van der Waals surface area contributed by atoms with Crippen molar-refractivity contribution in [3.63, 3.8) is 0 Å². The van der Waals surface area contributed by atoms with Gasteiger partial charge in [0.15, 0.2) is 6.10 Å². The lowest BCUT2D eigenvalue weighted by Crippen LogP contribution is -2.48. The molecule has 0 saturated carbocycles. The summed E-state index contributed by atoms with van der Waals surface area (Å²) in [6.45, 7) is 1.05. The molecule has 1 aromatic heterocycles. The summed E-state index contributed by atoms with van der Waals surface area (Å²) < 4.78 is 6.75. The second-order valence-electron chi connectivity index (χ2n) is 5.47. The van der Waals surface area contributed by atoms with Crippen LogP contribution in [0.4, 0.5) is 0 Å². The van der Waals surface area contributed by atoms with Crippen molar-refractivity contribution in [2.75, 3.05) is 19.7 Å². The topological polar surface area (TPSA) is 84.7 Å². The molecule has 1 atom stereocenters. The number of hydrogen-bond donors (Lipinski definition) is 1. The van der Waals surface area contributed by atoms with Crippen LogP contribution in [0.2, 0.25) is 5.02 Å². The fraction of sp³-hybridized carbons (Fsp3) is 0.312. The van der Waals surface area contributed by atoms with Crippen molar-refractivity contribution in [3.8, 4) is 0 Å². The van der Waals surface area contributed by atoms with E-state index in [1.54, 1.807) is 16.9 Å². The summed E-state index contributed by atoms with van der Waals surface area (Å²) in [5.74, 6) is -1.32. The average molecular weight is 350 g/mol. The monoisotopic (exact) mass is 349 g/mol. The third-order valence-corrected chi connectivity index (χ3v) is 4.17. The van der Waals surface area contributed by atoms with E-state index in [2.05, 4.69) is 5.10 Å². The molecular weight excluding hydrogens is 334 g/mol. The summed E-state index contributed by atoms with van der Waals surface area (Å²) in [7, 11) is 0. The molecule has 3 rings (SSSR count). The number of ether oxygens (including phenoxy) is 1. The molecule has 1 saturated heterocycles. The minimum atomic E-state index is -1.07. The predicted molar refractivity (Wildman–Crippen MR) is 86.1 cm³/mol. The SMILES string of the molecule is O=C(O)[C@@H]1CN(C(=O)c2cnn(Cc3ccccc3Cl)c2)CCO1. The smallest absolute Gasteiger partial charge is 0.334 e.